The summed E-state index contributed by atoms with van der Waals surface area (Å²) in [6.45, 7) is 2.04. The number of aryl methyl sites for hydroxylation is 1. The maximum Gasteiger partial charge on any atom is 0.274 e. The Labute approximate surface area is 192 Å². The number of fused-ring (bicyclic) bond motifs is 2. The van der Waals surface area contributed by atoms with Crippen molar-refractivity contribution in [3.8, 4) is 11.5 Å². The van der Waals surface area contributed by atoms with Crippen molar-refractivity contribution in [2.24, 2.45) is 23.7 Å². The molecule has 4 fully saturated rings. The van der Waals surface area contributed by atoms with Crippen LogP contribution in [0, 0.1) is 28.6 Å². The van der Waals surface area contributed by atoms with Gasteiger partial charge in [-0.1, -0.05) is 24.6 Å². The number of nitroso groups, excluding NO2 is 1. The van der Waals surface area contributed by atoms with Crippen molar-refractivity contribution >= 4 is 28.9 Å². The Hall–Kier alpha value is -2.53. The predicted molar refractivity (Wildman–Crippen MR) is 122 cm³/mol. The molecule has 2 bridgehead atoms. The van der Waals surface area contributed by atoms with Gasteiger partial charge in [0.25, 0.3) is 5.69 Å². The number of halogens is 1. The minimum Gasteiger partial charge on any atom is -0.457 e. The maximum atomic E-state index is 13.5. The van der Waals surface area contributed by atoms with Gasteiger partial charge in [-0.3, -0.25) is 9.59 Å². The molecule has 2 atom stereocenters. The summed E-state index contributed by atoms with van der Waals surface area (Å²) in [6.07, 6.45) is 5.06. The zero-order chi connectivity index (χ0) is 22.6. The summed E-state index contributed by atoms with van der Waals surface area (Å²) in [4.78, 5) is 38.6. The first kappa shape index (κ1) is 21.3. The molecule has 0 N–H and O–H groups in total. The van der Waals surface area contributed by atoms with Gasteiger partial charge in [-0.15, -0.1) is 0 Å². The Morgan fingerprint density at radius 3 is 2.03 bits per heavy atom. The lowest BCUT2D eigenvalue weighted by atomic mass is 9.59. The third-order valence-electron chi connectivity index (χ3n) is 7.75. The second-order valence-electron chi connectivity index (χ2n) is 9.39. The molecule has 0 aliphatic heterocycles. The van der Waals surface area contributed by atoms with Gasteiger partial charge in [-0.05, 0) is 73.3 Å². The molecule has 0 heterocycles. The van der Waals surface area contributed by atoms with Crippen LogP contribution in [-0.2, 0) is 16.0 Å². The number of nitrogens with zero attached hydrogens (tertiary/aromatic N) is 1. The normalized spacial score (nSPS) is 28.7. The Morgan fingerprint density at radius 2 is 1.50 bits per heavy atom. The third kappa shape index (κ3) is 3.38. The highest BCUT2D eigenvalue weighted by Crippen LogP contribution is 2.56. The molecule has 2 aromatic rings. The highest BCUT2D eigenvalue weighted by atomic mass is 35.5. The van der Waals surface area contributed by atoms with Crippen molar-refractivity contribution < 1.29 is 19.1 Å². The predicted octanol–water partition coefficient (Wildman–Crippen LogP) is 6.02. The lowest BCUT2D eigenvalue weighted by Gasteiger charge is -2.43. The quantitative estimate of drug-likeness (QED) is 0.411. The molecule has 0 radical (unpaired) electrons. The number of ketones is 2. The Bertz CT molecular complexity index is 1090. The summed E-state index contributed by atoms with van der Waals surface area (Å²) < 4.78 is 6.71. The highest BCUT2D eigenvalue weighted by Gasteiger charge is 2.59. The van der Waals surface area contributed by atoms with Crippen LogP contribution < -0.4 is 4.74 Å². The van der Waals surface area contributed by atoms with Gasteiger partial charge in [-0.25, -0.2) is 0 Å². The molecule has 32 heavy (non-hydrogen) atoms. The summed E-state index contributed by atoms with van der Waals surface area (Å²) in [6, 6.07) is 10.5. The third-order valence-corrected chi connectivity index (χ3v) is 8.05. The zero-order valence-electron chi connectivity index (χ0n) is 18.3. The summed E-state index contributed by atoms with van der Waals surface area (Å²) in [5, 5.41) is 0.297. The molecular formula is C26H27ClNO4+. The number of rotatable bonds is 5. The number of hydrogen-bond acceptors (Lipinski definition) is 4. The maximum absolute atomic E-state index is 13.5. The number of carbonyl (C=O) groups is 2. The molecule has 0 aromatic heterocycles. The molecule has 4 aliphatic carbocycles. The smallest absolute Gasteiger partial charge is 0.274 e. The van der Waals surface area contributed by atoms with Gasteiger partial charge in [0, 0.05) is 33.6 Å². The van der Waals surface area contributed by atoms with E-state index in [9.17, 15) is 14.5 Å². The molecule has 2 unspecified atom stereocenters. The fraction of sp³-hybridized carbons (Fsp3) is 0.462. The second-order valence-corrected chi connectivity index (χ2v) is 9.80. The van der Waals surface area contributed by atoms with E-state index in [2.05, 4.69) is 0 Å². The van der Waals surface area contributed by atoms with Crippen LogP contribution in [0.4, 0.5) is 5.69 Å². The fourth-order valence-corrected chi connectivity index (χ4v) is 6.56. The first-order valence-electron chi connectivity index (χ1n) is 11.5. The summed E-state index contributed by atoms with van der Waals surface area (Å²) in [5.41, 5.74) is 2.16. The first-order valence-corrected chi connectivity index (χ1v) is 11.8. The minimum absolute atomic E-state index is 0.0929. The molecule has 0 spiro atoms. The molecule has 6 heteroatoms. The van der Waals surface area contributed by atoms with Crippen LogP contribution in [0.1, 0.15) is 49.7 Å². The van der Waals surface area contributed by atoms with E-state index >= 15 is 0 Å². The van der Waals surface area contributed by atoms with Gasteiger partial charge in [-0.2, -0.15) is 0 Å². The minimum atomic E-state index is -0.676. The monoisotopic (exact) mass is 452 g/mol. The van der Waals surface area contributed by atoms with E-state index in [0.717, 1.165) is 43.2 Å². The molecule has 166 valence electrons. The van der Waals surface area contributed by atoms with Crippen molar-refractivity contribution in [3.63, 3.8) is 0 Å². The summed E-state index contributed by atoms with van der Waals surface area (Å²) >= 11 is 6.20. The van der Waals surface area contributed by atoms with Gasteiger partial charge in [0.05, 0.1) is 0 Å². The van der Waals surface area contributed by atoms with Gasteiger partial charge >= 0.3 is 0 Å². The molecule has 6 rings (SSSR count). The molecule has 0 amide bonds. The molecule has 4 aliphatic rings. The van der Waals surface area contributed by atoms with Gasteiger partial charge in [0.2, 0.25) is 0 Å². The average Bonchev–Trinajstić information content (AvgIpc) is 3.06. The topological polar surface area (TPSA) is 63.5 Å². The van der Waals surface area contributed by atoms with Gasteiger partial charge in [0.1, 0.15) is 22.4 Å². The van der Waals surface area contributed by atoms with E-state index in [1.807, 2.05) is 25.1 Å². The van der Waals surface area contributed by atoms with Crippen molar-refractivity contribution in [3.05, 3.63) is 57.5 Å². The van der Waals surface area contributed by atoms with Crippen molar-refractivity contribution in [1.29, 1.82) is 0 Å². The zero-order valence-corrected chi connectivity index (χ0v) is 19.1. The number of benzene rings is 2. The van der Waals surface area contributed by atoms with Crippen LogP contribution in [0.2, 0.25) is 5.02 Å². The van der Waals surface area contributed by atoms with E-state index in [0.29, 0.717) is 38.8 Å². The lowest BCUT2D eigenvalue weighted by Crippen LogP contribution is -2.41. The first-order chi connectivity index (χ1) is 15.4. The van der Waals surface area contributed by atoms with Crippen LogP contribution in [-0.4, -0.2) is 23.4 Å². The molecule has 2 aromatic carbocycles. The lowest BCUT2D eigenvalue weighted by molar-refractivity contribution is -0.428. The highest BCUT2D eigenvalue weighted by molar-refractivity contribution is 6.32. The van der Waals surface area contributed by atoms with Crippen LogP contribution in [0.5, 0.6) is 11.5 Å². The van der Waals surface area contributed by atoms with Crippen molar-refractivity contribution in [2.45, 2.75) is 44.9 Å². The number of hydrogen-bond donors (Lipinski definition) is 0. The van der Waals surface area contributed by atoms with Crippen LogP contribution >= 0.6 is 11.6 Å². The Morgan fingerprint density at radius 1 is 0.938 bits per heavy atom. The summed E-state index contributed by atoms with van der Waals surface area (Å²) in [7, 11) is 1.39. The van der Waals surface area contributed by atoms with Gasteiger partial charge < -0.3 is 4.74 Å². The number of ether oxygens (including phenoxy) is 1. The summed E-state index contributed by atoms with van der Waals surface area (Å²) in [5.74, 6) is 1.16. The van der Waals surface area contributed by atoms with Crippen LogP contribution in [0.15, 0.2) is 36.4 Å². The van der Waals surface area contributed by atoms with Crippen molar-refractivity contribution in [1.82, 2.24) is 0 Å². The van der Waals surface area contributed by atoms with E-state index in [1.54, 1.807) is 18.2 Å². The number of Topliss-reactive ketones (excluding diaryl/α,β-unsaturated/α-hetero) is 2. The SMILES string of the molecule is CCc1ccc(Oc2ccc([N+](C)=O)c(Cl)c2)cc1C1C(=O)C2C3CCC(CC3)C2C1=O. The largest absolute Gasteiger partial charge is 0.457 e. The average molecular weight is 453 g/mol. The standard InChI is InChI=1S/C26H27ClNO4/c1-3-14-8-9-17(32-18-10-11-21(28(2)31)20(27)13-18)12-19(14)24-25(29)22-15-4-5-16(7-6-15)23(22)26(24)30/h8-13,15-16,22-24H,3-7H2,1-2H3/q+1. The van der Waals surface area contributed by atoms with Crippen LogP contribution in [0.3, 0.4) is 0 Å². The van der Waals surface area contributed by atoms with Gasteiger partial charge in [0.15, 0.2) is 18.6 Å². The Kier molecular flexibility index (Phi) is 5.40. The molecule has 5 nitrogen and oxygen atoms in total. The fourth-order valence-electron chi connectivity index (χ4n) is 6.27. The number of carbonyl (C=O) groups excluding carboxylic acids is 2. The van der Waals surface area contributed by atoms with E-state index < -0.39 is 5.92 Å². The molecule has 4 saturated carbocycles. The Balaban J connectivity index is 1.48. The molecular weight excluding hydrogens is 426 g/mol. The molecule has 0 saturated heterocycles. The van der Waals surface area contributed by atoms with E-state index in [1.165, 1.54) is 7.05 Å². The van der Waals surface area contributed by atoms with Crippen molar-refractivity contribution in [2.75, 3.05) is 7.05 Å². The second kappa shape index (κ2) is 8.11. The van der Waals surface area contributed by atoms with E-state index in [4.69, 9.17) is 16.3 Å². The van der Waals surface area contributed by atoms with E-state index in [-0.39, 0.29) is 23.4 Å². The van der Waals surface area contributed by atoms with Crippen LogP contribution in [0.25, 0.3) is 0 Å².